The van der Waals surface area contributed by atoms with Gasteiger partial charge in [-0.1, -0.05) is 31.9 Å². The van der Waals surface area contributed by atoms with Crippen LogP contribution >= 0.6 is 12.4 Å². The molecule has 1 saturated carbocycles. The Labute approximate surface area is 145 Å². The fraction of sp³-hybridized carbons (Fsp3) is 0.611. The van der Waals surface area contributed by atoms with Crippen molar-refractivity contribution in [2.45, 2.75) is 44.9 Å². The van der Waals surface area contributed by atoms with Gasteiger partial charge in [0.1, 0.15) is 5.75 Å². The zero-order valence-corrected chi connectivity index (χ0v) is 15.2. The molecule has 4 nitrogen and oxygen atoms in total. The van der Waals surface area contributed by atoms with E-state index in [-0.39, 0.29) is 23.7 Å². The van der Waals surface area contributed by atoms with Gasteiger partial charge < -0.3 is 15.4 Å². The molecule has 0 aliphatic heterocycles. The summed E-state index contributed by atoms with van der Waals surface area (Å²) in [6, 6.07) is 6.19. The largest absolute Gasteiger partial charge is 0.496 e. The van der Waals surface area contributed by atoms with Crippen LogP contribution in [0.2, 0.25) is 0 Å². The van der Waals surface area contributed by atoms with E-state index in [1.54, 1.807) is 7.11 Å². The minimum Gasteiger partial charge on any atom is -0.496 e. The van der Waals surface area contributed by atoms with Crippen molar-refractivity contribution >= 4 is 18.3 Å². The van der Waals surface area contributed by atoms with E-state index in [4.69, 9.17) is 4.74 Å². The molecule has 0 saturated heterocycles. The molecule has 130 valence electrons. The summed E-state index contributed by atoms with van der Waals surface area (Å²) < 4.78 is 5.44. The van der Waals surface area contributed by atoms with Crippen LogP contribution in [0.15, 0.2) is 18.2 Å². The molecule has 0 unspecified atom stereocenters. The zero-order valence-electron chi connectivity index (χ0n) is 14.4. The lowest BCUT2D eigenvalue weighted by Gasteiger charge is -2.29. The maximum atomic E-state index is 12.8. The van der Waals surface area contributed by atoms with Crippen molar-refractivity contribution < 1.29 is 9.53 Å². The second-order valence-electron chi connectivity index (χ2n) is 6.08. The summed E-state index contributed by atoms with van der Waals surface area (Å²) in [6.45, 7) is 6.52. The van der Waals surface area contributed by atoms with E-state index in [1.165, 1.54) is 0 Å². The van der Waals surface area contributed by atoms with Crippen molar-refractivity contribution in [3.05, 3.63) is 29.3 Å². The third kappa shape index (κ3) is 4.39. The molecular formula is C18H29ClN2O2. The van der Waals surface area contributed by atoms with E-state index in [9.17, 15) is 4.79 Å². The van der Waals surface area contributed by atoms with Crippen molar-refractivity contribution in [3.63, 3.8) is 0 Å². The van der Waals surface area contributed by atoms with Crippen LogP contribution < -0.4 is 15.4 Å². The van der Waals surface area contributed by atoms with Gasteiger partial charge in [0.05, 0.1) is 12.5 Å². The number of carbonyl (C=O) groups is 1. The molecule has 1 aliphatic carbocycles. The quantitative estimate of drug-likeness (QED) is 0.750. The van der Waals surface area contributed by atoms with Gasteiger partial charge in [0, 0.05) is 13.1 Å². The minimum atomic E-state index is -0.382. The summed E-state index contributed by atoms with van der Waals surface area (Å²) in [6.07, 6.45) is 4.06. The second kappa shape index (κ2) is 9.14. The molecule has 23 heavy (non-hydrogen) atoms. The number of carbonyl (C=O) groups excluding carboxylic acids is 1. The Kier molecular flexibility index (Phi) is 7.86. The lowest BCUT2D eigenvalue weighted by atomic mass is 9.77. The van der Waals surface area contributed by atoms with E-state index < -0.39 is 0 Å². The maximum absolute atomic E-state index is 12.8. The van der Waals surface area contributed by atoms with Gasteiger partial charge in [-0.25, -0.2) is 0 Å². The Balaban J connectivity index is 0.00000264. The smallest absolute Gasteiger partial charge is 0.230 e. The number of nitrogens with one attached hydrogen (secondary N) is 2. The molecule has 1 aliphatic rings. The number of rotatable bonds is 7. The molecule has 1 aromatic carbocycles. The van der Waals surface area contributed by atoms with Crippen molar-refractivity contribution in [3.8, 4) is 5.75 Å². The van der Waals surface area contributed by atoms with Gasteiger partial charge in [-0.3, -0.25) is 4.79 Å². The predicted molar refractivity (Wildman–Crippen MR) is 96.7 cm³/mol. The third-order valence-corrected chi connectivity index (χ3v) is 4.69. The summed E-state index contributed by atoms with van der Waals surface area (Å²) in [4.78, 5) is 12.8. The van der Waals surface area contributed by atoms with Crippen molar-refractivity contribution in [1.82, 2.24) is 10.6 Å². The van der Waals surface area contributed by atoms with Crippen LogP contribution in [-0.4, -0.2) is 32.7 Å². The Morgan fingerprint density at radius 1 is 1.26 bits per heavy atom. The van der Waals surface area contributed by atoms with Gasteiger partial charge in [-0.05, 0) is 43.5 Å². The first-order chi connectivity index (χ1) is 10.6. The van der Waals surface area contributed by atoms with E-state index in [2.05, 4.69) is 29.7 Å². The summed E-state index contributed by atoms with van der Waals surface area (Å²) in [7, 11) is 1.68. The highest BCUT2D eigenvalue weighted by Crippen LogP contribution is 2.42. The molecule has 0 bridgehead atoms. The molecule has 2 rings (SSSR count). The van der Waals surface area contributed by atoms with Crippen LogP contribution in [-0.2, 0) is 10.2 Å². The Morgan fingerprint density at radius 3 is 2.57 bits per heavy atom. The Hall–Kier alpha value is -1.26. The van der Waals surface area contributed by atoms with Gasteiger partial charge in [0.2, 0.25) is 5.91 Å². The Morgan fingerprint density at radius 2 is 1.96 bits per heavy atom. The van der Waals surface area contributed by atoms with E-state index in [1.807, 2.05) is 13.0 Å². The number of hydrogen-bond donors (Lipinski definition) is 2. The standard InChI is InChI=1S/C18H28N2O2.ClH/c1-4-19-11-12-20-17(21)18(9-5-6-10-18)15-8-7-14(2)16(13-15)22-3;/h7-8,13,19H,4-6,9-12H2,1-3H3,(H,20,21);1H. The molecule has 0 atom stereocenters. The van der Waals surface area contributed by atoms with Crippen molar-refractivity contribution in [2.75, 3.05) is 26.7 Å². The number of likely N-dealkylation sites (N-methyl/N-ethyl adjacent to an activating group) is 1. The Bertz CT molecular complexity index is 514. The van der Waals surface area contributed by atoms with Gasteiger partial charge in [0.25, 0.3) is 0 Å². The third-order valence-electron chi connectivity index (χ3n) is 4.69. The van der Waals surface area contributed by atoms with Gasteiger partial charge in [-0.15, -0.1) is 12.4 Å². The first-order valence-corrected chi connectivity index (χ1v) is 8.28. The van der Waals surface area contributed by atoms with E-state index >= 15 is 0 Å². The van der Waals surface area contributed by atoms with Crippen LogP contribution in [0.4, 0.5) is 0 Å². The molecule has 0 heterocycles. The number of aryl methyl sites for hydroxylation is 1. The number of halogens is 1. The van der Waals surface area contributed by atoms with Crippen LogP contribution in [0.3, 0.4) is 0 Å². The van der Waals surface area contributed by atoms with Crippen LogP contribution in [0.5, 0.6) is 5.75 Å². The average molecular weight is 341 g/mol. The number of benzene rings is 1. The monoisotopic (exact) mass is 340 g/mol. The number of hydrogen-bond acceptors (Lipinski definition) is 3. The molecule has 0 spiro atoms. The predicted octanol–water partition coefficient (Wildman–Crippen LogP) is 2.96. The molecule has 5 heteroatoms. The van der Waals surface area contributed by atoms with E-state index in [0.29, 0.717) is 6.54 Å². The summed E-state index contributed by atoms with van der Waals surface area (Å²) >= 11 is 0. The van der Waals surface area contributed by atoms with Crippen LogP contribution in [0, 0.1) is 6.92 Å². The number of ether oxygens (including phenoxy) is 1. The first kappa shape index (κ1) is 19.8. The molecular weight excluding hydrogens is 312 g/mol. The van der Waals surface area contributed by atoms with Gasteiger partial charge in [-0.2, -0.15) is 0 Å². The van der Waals surface area contributed by atoms with Crippen molar-refractivity contribution in [2.24, 2.45) is 0 Å². The zero-order chi connectivity index (χ0) is 16.0. The normalized spacial score (nSPS) is 15.8. The molecule has 0 radical (unpaired) electrons. The molecule has 1 fully saturated rings. The average Bonchev–Trinajstić information content (AvgIpc) is 3.02. The van der Waals surface area contributed by atoms with Gasteiger partial charge in [0.15, 0.2) is 0 Å². The first-order valence-electron chi connectivity index (χ1n) is 8.28. The van der Waals surface area contributed by atoms with Crippen LogP contribution in [0.25, 0.3) is 0 Å². The summed E-state index contributed by atoms with van der Waals surface area (Å²) in [5.74, 6) is 1.03. The highest BCUT2D eigenvalue weighted by atomic mass is 35.5. The fourth-order valence-corrected chi connectivity index (χ4v) is 3.35. The summed E-state index contributed by atoms with van der Waals surface area (Å²) in [5, 5.41) is 6.35. The van der Waals surface area contributed by atoms with Crippen LogP contribution in [0.1, 0.15) is 43.7 Å². The number of methoxy groups -OCH3 is 1. The van der Waals surface area contributed by atoms with E-state index in [0.717, 1.165) is 55.6 Å². The molecule has 2 N–H and O–H groups in total. The highest BCUT2D eigenvalue weighted by molar-refractivity contribution is 5.88. The molecule has 1 aromatic rings. The lowest BCUT2D eigenvalue weighted by molar-refractivity contribution is -0.126. The molecule has 1 amide bonds. The number of amides is 1. The maximum Gasteiger partial charge on any atom is 0.230 e. The fourth-order valence-electron chi connectivity index (χ4n) is 3.35. The molecule has 0 aromatic heterocycles. The lowest BCUT2D eigenvalue weighted by Crippen LogP contribution is -2.44. The van der Waals surface area contributed by atoms with Gasteiger partial charge >= 0.3 is 0 Å². The van der Waals surface area contributed by atoms with Crippen molar-refractivity contribution in [1.29, 1.82) is 0 Å². The topological polar surface area (TPSA) is 50.4 Å². The second-order valence-corrected chi connectivity index (χ2v) is 6.08. The minimum absolute atomic E-state index is 0. The highest BCUT2D eigenvalue weighted by Gasteiger charge is 2.42. The summed E-state index contributed by atoms with van der Waals surface area (Å²) in [5.41, 5.74) is 1.81. The SMILES string of the molecule is CCNCCNC(=O)C1(c2ccc(C)c(OC)c2)CCCC1.Cl.